The Kier molecular flexibility index (Phi) is 6.99. The van der Waals surface area contributed by atoms with Crippen molar-refractivity contribution in [1.82, 2.24) is 5.32 Å². The summed E-state index contributed by atoms with van der Waals surface area (Å²) in [5.74, 6) is 0.871. The first-order valence-electron chi connectivity index (χ1n) is 6.95. The first-order chi connectivity index (χ1) is 9.52. The Morgan fingerprint density at radius 3 is 2.55 bits per heavy atom. The highest BCUT2D eigenvalue weighted by Gasteiger charge is 2.15. The molecule has 0 unspecified atom stereocenters. The van der Waals surface area contributed by atoms with Crippen LogP contribution in [-0.2, 0) is 22.6 Å². The summed E-state index contributed by atoms with van der Waals surface area (Å²) in [6.07, 6.45) is 0.863. The standard InChI is InChI=1S/C16H27NO3/c1-16(2,19-5)8-9-20-12-14-10-13(11-17-3)6-7-15(14)18-4/h6-7,10,17H,8-9,11-12H2,1-5H3. The van der Waals surface area contributed by atoms with E-state index in [1.165, 1.54) is 5.56 Å². The molecule has 0 atom stereocenters. The summed E-state index contributed by atoms with van der Waals surface area (Å²) in [5.41, 5.74) is 2.16. The molecule has 4 heteroatoms. The zero-order chi connectivity index (χ0) is 15.0. The number of hydrogen-bond acceptors (Lipinski definition) is 4. The van der Waals surface area contributed by atoms with Gasteiger partial charge in [-0.15, -0.1) is 0 Å². The number of ether oxygens (including phenoxy) is 3. The number of nitrogens with one attached hydrogen (secondary N) is 1. The summed E-state index contributed by atoms with van der Waals surface area (Å²) in [6.45, 7) is 6.18. The van der Waals surface area contributed by atoms with Gasteiger partial charge in [0.15, 0.2) is 0 Å². The average Bonchev–Trinajstić information content (AvgIpc) is 2.44. The van der Waals surface area contributed by atoms with Crippen molar-refractivity contribution in [3.8, 4) is 5.75 Å². The van der Waals surface area contributed by atoms with Gasteiger partial charge in [-0.2, -0.15) is 0 Å². The zero-order valence-electron chi connectivity index (χ0n) is 13.3. The van der Waals surface area contributed by atoms with Crippen LogP contribution in [0.25, 0.3) is 0 Å². The van der Waals surface area contributed by atoms with Crippen LogP contribution in [0.4, 0.5) is 0 Å². The Labute approximate surface area is 122 Å². The summed E-state index contributed by atoms with van der Waals surface area (Å²) in [7, 11) is 5.35. The molecule has 1 rings (SSSR count). The van der Waals surface area contributed by atoms with E-state index in [0.717, 1.165) is 24.3 Å². The molecule has 0 aliphatic rings. The van der Waals surface area contributed by atoms with E-state index < -0.39 is 0 Å². The quantitative estimate of drug-likeness (QED) is 0.707. The van der Waals surface area contributed by atoms with Gasteiger partial charge in [0.2, 0.25) is 0 Å². The Hall–Kier alpha value is -1.10. The van der Waals surface area contributed by atoms with E-state index in [0.29, 0.717) is 13.2 Å². The minimum atomic E-state index is -0.141. The predicted octanol–water partition coefficient (Wildman–Crippen LogP) is 2.75. The third-order valence-electron chi connectivity index (χ3n) is 3.38. The Morgan fingerprint density at radius 2 is 1.95 bits per heavy atom. The highest BCUT2D eigenvalue weighted by atomic mass is 16.5. The average molecular weight is 281 g/mol. The predicted molar refractivity (Wildman–Crippen MR) is 81.1 cm³/mol. The normalized spacial score (nSPS) is 11.7. The van der Waals surface area contributed by atoms with Gasteiger partial charge in [-0.05, 0) is 45.0 Å². The lowest BCUT2D eigenvalue weighted by molar-refractivity contribution is -0.0126. The van der Waals surface area contributed by atoms with E-state index in [4.69, 9.17) is 14.2 Å². The zero-order valence-corrected chi connectivity index (χ0v) is 13.3. The van der Waals surface area contributed by atoms with Crippen molar-refractivity contribution >= 4 is 0 Å². The Bertz CT molecular complexity index is 405. The summed E-state index contributed by atoms with van der Waals surface area (Å²) in [6, 6.07) is 6.17. The topological polar surface area (TPSA) is 39.7 Å². The molecule has 0 saturated heterocycles. The molecular formula is C16H27NO3. The van der Waals surface area contributed by atoms with Crippen LogP contribution >= 0.6 is 0 Å². The maximum absolute atomic E-state index is 5.75. The first-order valence-corrected chi connectivity index (χ1v) is 6.95. The van der Waals surface area contributed by atoms with Crippen LogP contribution in [0.5, 0.6) is 5.75 Å². The molecule has 4 nitrogen and oxygen atoms in total. The minimum Gasteiger partial charge on any atom is -0.496 e. The van der Waals surface area contributed by atoms with Crippen LogP contribution in [0.1, 0.15) is 31.4 Å². The molecule has 0 aliphatic carbocycles. The summed E-state index contributed by atoms with van der Waals surface area (Å²) < 4.78 is 16.5. The highest BCUT2D eigenvalue weighted by molar-refractivity contribution is 5.36. The number of rotatable bonds is 9. The van der Waals surface area contributed by atoms with Crippen LogP contribution in [0.15, 0.2) is 18.2 Å². The van der Waals surface area contributed by atoms with Crippen molar-refractivity contribution < 1.29 is 14.2 Å². The first kappa shape index (κ1) is 17.0. The number of hydrogen-bond donors (Lipinski definition) is 1. The van der Waals surface area contributed by atoms with Gasteiger partial charge < -0.3 is 19.5 Å². The van der Waals surface area contributed by atoms with Gasteiger partial charge in [0.05, 0.1) is 19.3 Å². The molecule has 0 aromatic heterocycles. The molecule has 0 amide bonds. The third-order valence-corrected chi connectivity index (χ3v) is 3.38. The minimum absolute atomic E-state index is 0.141. The molecular weight excluding hydrogens is 254 g/mol. The van der Waals surface area contributed by atoms with Crippen molar-refractivity contribution in [1.29, 1.82) is 0 Å². The Balaban J connectivity index is 2.55. The number of methoxy groups -OCH3 is 2. The maximum atomic E-state index is 5.75. The van der Waals surface area contributed by atoms with Crippen LogP contribution in [-0.4, -0.2) is 33.5 Å². The molecule has 0 aliphatic heterocycles. The fraction of sp³-hybridized carbons (Fsp3) is 0.625. The summed E-state index contributed by atoms with van der Waals surface area (Å²) in [5, 5.41) is 3.15. The molecule has 0 saturated carbocycles. The van der Waals surface area contributed by atoms with E-state index in [1.54, 1.807) is 14.2 Å². The molecule has 1 N–H and O–H groups in total. The van der Waals surface area contributed by atoms with Crippen molar-refractivity contribution in [3.05, 3.63) is 29.3 Å². The van der Waals surface area contributed by atoms with E-state index >= 15 is 0 Å². The second-order valence-corrected chi connectivity index (χ2v) is 5.44. The van der Waals surface area contributed by atoms with E-state index in [1.807, 2.05) is 13.1 Å². The molecule has 114 valence electrons. The highest BCUT2D eigenvalue weighted by Crippen LogP contribution is 2.21. The van der Waals surface area contributed by atoms with Gasteiger partial charge in [0.25, 0.3) is 0 Å². The molecule has 0 radical (unpaired) electrons. The summed E-state index contributed by atoms with van der Waals surface area (Å²) >= 11 is 0. The largest absolute Gasteiger partial charge is 0.496 e. The van der Waals surface area contributed by atoms with Crippen molar-refractivity contribution in [3.63, 3.8) is 0 Å². The van der Waals surface area contributed by atoms with Crippen molar-refractivity contribution in [2.75, 3.05) is 27.9 Å². The SMILES string of the molecule is CNCc1ccc(OC)c(COCCC(C)(C)OC)c1. The molecule has 1 aromatic rings. The van der Waals surface area contributed by atoms with Crippen LogP contribution in [0, 0.1) is 0 Å². The van der Waals surface area contributed by atoms with Gasteiger partial charge >= 0.3 is 0 Å². The fourth-order valence-corrected chi connectivity index (χ4v) is 1.86. The van der Waals surface area contributed by atoms with Gasteiger partial charge in [0, 0.05) is 25.8 Å². The van der Waals surface area contributed by atoms with E-state index in [9.17, 15) is 0 Å². The molecule has 20 heavy (non-hydrogen) atoms. The molecule has 1 aromatic carbocycles. The fourth-order valence-electron chi connectivity index (χ4n) is 1.86. The van der Waals surface area contributed by atoms with E-state index in [-0.39, 0.29) is 5.60 Å². The van der Waals surface area contributed by atoms with Gasteiger partial charge in [0.1, 0.15) is 5.75 Å². The second kappa shape index (κ2) is 8.25. The lowest BCUT2D eigenvalue weighted by atomic mass is 10.1. The lowest BCUT2D eigenvalue weighted by Gasteiger charge is -2.22. The Morgan fingerprint density at radius 1 is 1.20 bits per heavy atom. The lowest BCUT2D eigenvalue weighted by Crippen LogP contribution is -2.24. The summed E-state index contributed by atoms with van der Waals surface area (Å²) in [4.78, 5) is 0. The molecule has 0 spiro atoms. The second-order valence-electron chi connectivity index (χ2n) is 5.44. The van der Waals surface area contributed by atoms with Gasteiger partial charge in [-0.25, -0.2) is 0 Å². The number of benzene rings is 1. The molecule has 0 bridgehead atoms. The smallest absolute Gasteiger partial charge is 0.124 e. The monoisotopic (exact) mass is 281 g/mol. The van der Waals surface area contributed by atoms with E-state index in [2.05, 4.69) is 31.3 Å². The van der Waals surface area contributed by atoms with Gasteiger partial charge in [-0.1, -0.05) is 6.07 Å². The van der Waals surface area contributed by atoms with Crippen LogP contribution < -0.4 is 10.1 Å². The molecule has 0 fully saturated rings. The maximum Gasteiger partial charge on any atom is 0.124 e. The van der Waals surface area contributed by atoms with Crippen molar-refractivity contribution in [2.24, 2.45) is 0 Å². The van der Waals surface area contributed by atoms with Crippen LogP contribution in [0.2, 0.25) is 0 Å². The third kappa shape index (κ3) is 5.49. The van der Waals surface area contributed by atoms with Crippen molar-refractivity contribution in [2.45, 2.75) is 39.0 Å². The van der Waals surface area contributed by atoms with Crippen LogP contribution in [0.3, 0.4) is 0 Å². The van der Waals surface area contributed by atoms with Gasteiger partial charge in [-0.3, -0.25) is 0 Å². The molecule has 0 heterocycles.